The van der Waals surface area contributed by atoms with Gasteiger partial charge in [-0.1, -0.05) is 55.8 Å². The Morgan fingerprint density at radius 1 is 1.08 bits per heavy atom. The summed E-state index contributed by atoms with van der Waals surface area (Å²) in [6.07, 6.45) is 3.32. The smallest absolute Gasteiger partial charge is 0.124 e. The van der Waals surface area contributed by atoms with Crippen LogP contribution in [0.25, 0.3) is 0 Å². The van der Waals surface area contributed by atoms with Crippen LogP contribution in [0.4, 0.5) is 0 Å². The number of nitrogens with two attached hydrogens (primary N) is 1. The minimum Gasteiger partial charge on any atom is -0.493 e. The van der Waals surface area contributed by atoms with Crippen LogP contribution in [0.5, 0.6) is 5.75 Å². The van der Waals surface area contributed by atoms with Crippen LogP contribution in [0.2, 0.25) is 0 Å². The molecule has 24 heavy (non-hydrogen) atoms. The first kappa shape index (κ1) is 17.0. The normalized spacial score (nSPS) is 15.8. The molecule has 0 radical (unpaired) electrons. The minimum absolute atomic E-state index is 0.205. The van der Waals surface area contributed by atoms with E-state index in [1.54, 1.807) is 0 Å². The third-order valence-corrected chi connectivity index (χ3v) is 4.86. The van der Waals surface area contributed by atoms with Crippen molar-refractivity contribution in [2.75, 3.05) is 19.7 Å². The average molecular weight is 324 g/mol. The van der Waals surface area contributed by atoms with Gasteiger partial charge in [0.2, 0.25) is 0 Å². The van der Waals surface area contributed by atoms with Crippen molar-refractivity contribution < 1.29 is 4.74 Å². The Hall–Kier alpha value is -1.84. The molecule has 1 aliphatic rings. The quantitative estimate of drug-likeness (QED) is 0.785. The number of benzene rings is 2. The van der Waals surface area contributed by atoms with Crippen molar-refractivity contribution in [2.45, 2.75) is 38.8 Å². The maximum Gasteiger partial charge on any atom is 0.124 e. The molecule has 3 heteroatoms. The summed E-state index contributed by atoms with van der Waals surface area (Å²) in [7, 11) is 0. The van der Waals surface area contributed by atoms with Crippen LogP contribution in [0.3, 0.4) is 0 Å². The highest BCUT2D eigenvalue weighted by molar-refractivity contribution is 5.37. The molecule has 2 aromatic rings. The summed E-state index contributed by atoms with van der Waals surface area (Å²) >= 11 is 0. The zero-order chi connectivity index (χ0) is 16.8. The molecule has 1 aliphatic heterocycles. The molecule has 0 saturated carbocycles. The number of hydrogen-bond donors (Lipinski definition) is 1. The zero-order valence-electron chi connectivity index (χ0n) is 14.6. The first-order valence-corrected chi connectivity index (χ1v) is 9.06. The van der Waals surface area contributed by atoms with E-state index < -0.39 is 0 Å². The monoisotopic (exact) mass is 324 g/mol. The van der Waals surface area contributed by atoms with Crippen molar-refractivity contribution >= 4 is 0 Å². The molecule has 0 saturated heterocycles. The second-order valence-corrected chi connectivity index (χ2v) is 6.48. The number of para-hydroxylation sites is 1. The number of unbranched alkanes of at least 4 members (excludes halogenated alkanes) is 1. The number of nitrogens with zero attached hydrogens (tertiary/aromatic N) is 1. The third kappa shape index (κ3) is 3.80. The van der Waals surface area contributed by atoms with Crippen molar-refractivity contribution in [1.82, 2.24) is 4.90 Å². The molecule has 0 aromatic heterocycles. The molecule has 0 aliphatic carbocycles. The van der Waals surface area contributed by atoms with Gasteiger partial charge in [-0.25, -0.2) is 0 Å². The summed E-state index contributed by atoms with van der Waals surface area (Å²) in [6, 6.07) is 17.3. The van der Waals surface area contributed by atoms with Gasteiger partial charge in [-0.2, -0.15) is 0 Å². The lowest BCUT2D eigenvalue weighted by Gasteiger charge is -2.36. The standard InChI is InChI=1S/C21H28N2O/c1-2-3-14-24-21-11-7-6-10-19(21)20(15-22)23-13-12-17-8-4-5-9-18(17)16-23/h4-11,20H,2-3,12-16,22H2,1H3. The average Bonchev–Trinajstić information content (AvgIpc) is 2.64. The van der Waals surface area contributed by atoms with Gasteiger partial charge in [0.25, 0.3) is 0 Å². The Balaban J connectivity index is 1.80. The molecule has 3 nitrogen and oxygen atoms in total. The van der Waals surface area contributed by atoms with Crippen molar-refractivity contribution in [3.63, 3.8) is 0 Å². The van der Waals surface area contributed by atoms with Crippen LogP contribution in [-0.2, 0) is 13.0 Å². The second-order valence-electron chi connectivity index (χ2n) is 6.48. The Morgan fingerprint density at radius 3 is 2.62 bits per heavy atom. The molecule has 0 amide bonds. The molecule has 0 fully saturated rings. The molecule has 128 valence electrons. The van der Waals surface area contributed by atoms with Crippen molar-refractivity contribution in [2.24, 2.45) is 5.73 Å². The van der Waals surface area contributed by atoms with E-state index in [0.29, 0.717) is 6.54 Å². The van der Waals surface area contributed by atoms with Crippen LogP contribution in [-0.4, -0.2) is 24.6 Å². The molecule has 2 aromatic carbocycles. The van der Waals surface area contributed by atoms with Gasteiger partial charge in [0.05, 0.1) is 12.6 Å². The fourth-order valence-corrected chi connectivity index (χ4v) is 3.47. The summed E-state index contributed by atoms with van der Waals surface area (Å²) in [5, 5.41) is 0. The predicted molar refractivity (Wildman–Crippen MR) is 99.2 cm³/mol. The number of hydrogen-bond acceptors (Lipinski definition) is 3. The highest BCUT2D eigenvalue weighted by atomic mass is 16.5. The summed E-state index contributed by atoms with van der Waals surface area (Å²) in [5.74, 6) is 0.986. The maximum atomic E-state index is 6.18. The lowest BCUT2D eigenvalue weighted by atomic mass is 9.96. The van der Waals surface area contributed by atoms with E-state index in [0.717, 1.165) is 44.7 Å². The molecular formula is C21H28N2O. The van der Waals surface area contributed by atoms with Gasteiger partial charge in [0, 0.05) is 25.2 Å². The van der Waals surface area contributed by atoms with E-state index in [1.165, 1.54) is 16.7 Å². The molecule has 0 spiro atoms. The van der Waals surface area contributed by atoms with E-state index >= 15 is 0 Å². The number of ether oxygens (including phenoxy) is 1. The van der Waals surface area contributed by atoms with Gasteiger partial charge in [0.15, 0.2) is 0 Å². The maximum absolute atomic E-state index is 6.18. The number of fused-ring (bicyclic) bond motifs is 1. The minimum atomic E-state index is 0.205. The van der Waals surface area contributed by atoms with Crippen molar-refractivity contribution in [1.29, 1.82) is 0 Å². The molecule has 1 heterocycles. The topological polar surface area (TPSA) is 38.5 Å². The Bertz CT molecular complexity index is 656. The fraction of sp³-hybridized carbons (Fsp3) is 0.429. The molecule has 3 rings (SSSR count). The zero-order valence-corrected chi connectivity index (χ0v) is 14.6. The Kier molecular flexibility index (Phi) is 5.89. The molecule has 0 bridgehead atoms. The summed E-state index contributed by atoms with van der Waals surface area (Å²) < 4.78 is 6.04. The van der Waals surface area contributed by atoms with Gasteiger partial charge in [-0.05, 0) is 30.0 Å². The molecule has 2 N–H and O–H groups in total. The fourth-order valence-electron chi connectivity index (χ4n) is 3.47. The molecule has 1 atom stereocenters. The summed E-state index contributed by atoms with van der Waals surface area (Å²) in [5.41, 5.74) is 10.3. The van der Waals surface area contributed by atoms with Gasteiger partial charge >= 0.3 is 0 Å². The van der Waals surface area contributed by atoms with Gasteiger partial charge in [0.1, 0.15) is 5.75 Å². The molecule has 1 unspecified atom stereocenters. The first-order valence-electron chi connectivity index (χ1n) is 9.06. The van der Waals surface area contributed by atoms with E-state index in [-0.39, 0.29) is 6.04 Å². The van der Waals surface area contributed by atoms with Gasteiger partial charge in [-0.15, -0.1) is 0 Å². The highest BCUT2D eigenvalue weighted by Gasteiger charge is 2.25. The summed E-state index contributed by atoms with van der Waals surface area (Å²) in [6.45, 7) is 5.57. The highest BCUT2D eigenvalue weighted by Crippen LogP contribution is 2.32. The Morgan fingerprint density at radius 2 is 1.83 bits per heavy atom. The Labute approximate surface area is 145 Å². The number of rotatable bonds is 7. The van der Waals surface area contributed by atoms with E-state index in [4.69, 9.17) is 10.5 Å². The SMILES string of the molecule is CCCCOc1ccccc1C(CN)N1CCc2ccccc2C1. The van der Waals surface area contributed by atoms with Gasteiger partial charge in [-0.3, -0.25) is 4.90 Å². The summed E-state index contributed by atoms with van der Waals surface area (Å²) in [4.78, 5) is 2.49. The predicted octanol–water partition coefficient (Wildman–Crippen LogP) is 3.92. The van der Waals surface area contributed by atoms with Crippen LogP contribution >= 0.6 is 0 Å². The van der Waals surface area contributed by atoms with Crippen LogP contribution in [0.1, 0.15) is 42.5 Å². The van der Waals surface area contributed by atoms with E-state index in [9.17, 15) is 0 Å². The third-order valence-electron chi connectivity index (χ3n) is 4.86. The van der Waals surface area contributed by atoms with Crippen molar-refractivity contribution in [3.05, 3.63) is 65.2 Å². The van der Waals surface area contributed by atoms with E-state index in [2.05, 4.69) is 54.3 Å². The lowest BCUT2D eigenvalue weighted by molar-refractivity contribution is 0.178. The van der Waals surface area contributed by atoms with Gasteiger partial charge < -0.3 is 10.5 Å². The first-order chi connectivity index (χ1) is 11.8. The molecular weight excluding hydrogens is 296 g/mol. The second kappa shape index (κ2) is 8.32. The van der Waals surface area contributed by atoms with Crippen LogP contribution in [0.15, 0.2) is 48.5 Å². The van der Waals surface area contributed by atoms with Crippen molar-refractivity contribution in [3.8, 4) is 5.75 Å². The van der Waals surface area contributed by atoms with E-state index in [1.807, 2.05) is 6.07 Å². The van der Waals surface area contributed by atoms with Crippen LogP contribution in [0, 0.1) is 0 Å². The largest absolute Gasteiger partial charge is 0.493 e. The lowest BCUT2D eigenvalue weighted by Crippen LogP contribution is -2.37. The van der Waals surface area contributed by atoms with Crippen LogP contribution < -0.4 is 10.5 Å².